The third-order valence-corrected chi connectivity index (χ3v) is 2.99. The first-order valence-electron chi connectivity index (χ1n) is 5.06. The molecule has 0 aliphatic heterocycles. The summed E-state index contributed by atoms with van der Waals surface area (Å²) >= 11 is 2.87. The van der Waals surface area contributed by atoms with Crippen LogP contribution >= 0.6 is 15.9 Å². The number of carboxylic acid groups (broad SMARTS) is 1. The topological polar surface area (TPSA) is 55.1 Å². The first kappa shape index (κ1) is 14.5. The molecule has 2 aromatic rings. The molecular weight excluding hydrogens is 348 g/mol. The molecule has 0 amide bonds. The zero-order valence-corrected chi connectivity index (χ0v) is 11.0. The monoisotopic (exact) mass is 352 g/mol. The standard InChI is InChI=1S/C11H5BrF4N2O2/c12-5-2-1-3-6(9(5)13)18-7(10(19)20)4-8(17-18)11(14,15)16/h1-4H,(H,19,20). The summed E-state index contributed by atoms with van der Waals surface area (Å²) in [5.41, 5.74) is -2.59. The number of halogens is 5. The number of hydrogen-bond acceptors (Lipinski definition) is 2. The van der Waals surface area contributed by atoms with Crippen molar-refractivity contribution in [2.45, 2.75) is 6.18 Å². The number of benzene rings is 1. The lowest BCUT2D eigenvalue weighted by atomic mass is 10.3. The second-order valence-electron chi connectivity index (χ2n) is 3.70. The molecule has 0 aliphatic carbocycles. The lowest BCUT2D eigenvalue weighted by Crippen LogP contribution is -2.10. The first-order valence-corrected chi connectivity index (χ1v) is 5.86. The highest BCUT2D eigenvalue weighted by Crippen LogP contribution is 2.30. The van der Waals surface area contributed by atoms with Crippen LogP contribution in [0.25, 0.3) is 5.69 Å². The number of aromatic carboxylic acids is 1. The maximum atomic E-state index is 13.9. The van der Waals surface area contributed by atoms with E-state index in [1.807, 2.05) is 0 Å². The molecule has 0 saturated carbocycles. The van der Waals surface area contributed by atoms with Gasteiger partial charge in [-0.3, -0.25) is 0 Å². The van der Waals surface area contributed by atoms with Crippen LogP contribution < -0.4 is 0 Å². The Balaban J connectivity index is 2.70. The van der Waals surface area contributed by atoms with E-state index in [-0.39, 0.29) is 4.47 Å². The molecule has 0 unspecified atom stereocenters. The van der Waals surface area contributed by atoms with Gasteiger partial charge in [-0.1, -0.05) is 6.07 Å². The van der Waals surface area contributed by atoms with Gasteiger partial charge in [0.25, 0.3) is 0 Å². The first-order chi connectivity index (χ1) is 9.21. The Labute approximate surface area is 117 Å². The fourth-order valence-corrected chi connectivity index (χ4v) is 1.87. The maximum Gasteiger partial charge on any atom is 0.435 e. The smallest absolute Gasteiger partial charge is 0.435 e. The number of alkyl halides is 3. The van der Waals surface area contributed by atoms with Gasteiger partial charge in [0.15, 0.2) is 17.2 Å². The molecule has 4 nitrogen and oxygen atoms in total. The predicted octanol–water partition coefficient (Wildman–Crippen LogP) is 3.49. The van der Waals surface area contributed by atoms with Gasteiger partial charge in [0.05, 0.1) is 4.47 Å². The molecule has 1 aromatic carbocycles. The summed E-state index contributed by atoms with van der Waals surface area (Å²) in [4.78, 5) is 11.0. The van der Waals surface area contributed by atoms with Gasteiger partial charge >= 0.3 is 12.1 Å². The molecule has 1 heterocycles. The van der Waals surface area contributed by atoms with Gasteiger partial charge in [-0.15, -0.1) is 0 Å². The van der Waals surface area contributed by atoms with Gasteiger partial charge in [-0.2, -0.15) is 18.3 Å². The highest BCUT2D eigenvalue weighted by Gasteiger charge is 2.36. The van der Waals surface area contributed by atoms with Gasteiger partial charge in [-0.25, -0.2) is 13.9 Å². The van der Waals surface area contributed by atoms with E-state index >= 15 is 0 Å². The van der Waals surface area contributed by atoms with Gasteiger partial charge in [0.1, 0.15) is 5.69 Å². The Morgan fingerprint density at radius 2 is 2.00 bits per heavy atom. The van der Waals surface area contributed by atoms with E-state index in [4.69, 9.17) is 5.11 Å². The van der Waals surface area contributed by atoms with Crippen molar-refractivity contribution in [3.63, 3.8) is 0 Å². The van der Waals surface area contributed by atoms with E-state index in [0.29, 0.717) is 10.7 Å². The van der Waals surface area contributed by atoms with Gasteiger partial charge in [0.2, 0.25) is 0 Å². The number of aromatic nitrogens is 2. The molecule has 0 fully saturated rings. The van der Waals surface area contributed by atoms with E-state index in [1.165, 1.54) is 12.1 Å². The minimum atomic E-state index is -4.82. The summed E-state index contributed by atoms with van der Waals surface area (Å²) in [6.45, 7) is 0. The molecule has 1 N–H and O–H groups in total. The molecule has 0 atom stereocenters. The number of carboxylic acids is 1. The van der Waals surface area contributed by atoms with Crippen molar-refractivity contribution in [1.82, 2.24) is 9.78 Å². The van der Waals surface area contributed by atoms with Crippen molar-refractivity contribution < 1.29 is 27.5 Å². The lowest BCUT2D eigenvalue weighted by Gasteiger charge is -2.07. The Kier molecular flexibility index (Phi) is 3.55. The largest absolute Gasteiger partial charge is 0.477 e. The third-order valence-electron chi connectivity index (χ3n) is 2.38. The number of carbonyl (C=O) groups is 1. The van der Waals surface area contributed by atoms with Crippen molar-refractivity contribution in [1.29, 1.82) is 0 Å². The van der Waals surface area contributed by atoms with Crippen LogP contribution in [0.4, 0.5) is 17.6 Å². The van der Waals surface area contributed by atoms with Crippen molar-refractivity contribution in [3.05, 3.63) is 45.9 Å². The molecule has 0 bridgehead atoms. The van der Waals surface area contributed by atoms with Crippen molar-refractivity contribution in [3.8, 4) is 5.69 Å². The summed E-state index contributed by atoms with van der Waals surface area (Å²) in [6.07, 6.45) is -4.82. The molecular formula is C11H5BrF4N2O2. The average molecular weight is 353 g/mol. The summed E-state index contributed by atoms with van der Waals surface area (Å²) in [5.74, 6) is -2.56. The van der Waals surface area contributed by atoms with E-state index in [1.54, 1.807) is 0 Å². The van der Waals surface area contributed by atoms with Crippen LogP contribution in [0.2, 0.25) is 0 Å². The fraction of sp³-hybridized carbons (Fsp3) is 0.0909. The van der Waals surface area contributed by atoms with Crippen LogP contribution in [0.1, 0.15) is 16.2 Å². The zero-order valence-electron chi connectivity index (χ0n) is 9.45. The molecule has 2 rings (SSSR count). The molecule has 106 valence electrons. The van der Waals surface area contributed by atoms with Crippen molar-refractivity contribution >= 4 is 21.9 Å². The summed E-state index contributed by atoms with van der Waals surface area (Å²) in [7, 11) is 0. The van der Waals surface area contributed by atoms with E-state index in [2.05, 4.69) is 21.0 Å². The highest BCUT2D eigenvalue weighted by atomic mass is 79.9. The van der Waals surface area contributed by atoms with Crippen molar-refractivity contribution in [2.24, 2.45) is 0 Å². The predicted molar refractivity (Wildman–Crippen MR) is 63.2 cm³/mol. The third kappa shape index (κ3) is 2.53. The average Bonchev–Trinajstić information content (AvgIpc) is 2.77. The normalized spacial score (nSPS) is 11.7. The quantitative estimate of drug-likeness (QED) is 0.841. The van der Waals surface area contributed by atoms with Crippen LogP contribution in [0.3, 0.4) is 0 Å². The maximum absolute atomic E-state index is 13.9. The van der Waals surface area contributed by atoms with Gasteiger partial charge < -0.3 is 5.11 Å². The van der Waals surface area contributed by atoms with Gasteiger partial charge in [0, 0.05) is 6.07 Å². The second-order valence-corrected chi connectivity index (χ2v) is 4.56. The molecule has 9 heteroatoms. The summed E-state index contributed by atoms with van der Waals surface area (Å²) in [6, 6.07) is 4.15. The minimum absolute atomic E-state index is 0.0182. The van der Waals surface area contributed by atoms with Crippen LogP contribution in [0.5, 0.6) is 0 Å². The van der Waals surface area contributed by atoms with Crippen molar-refractivity contribution in [2.75, 3.05) is 0 Å². The summed E-state index contributed by atoms with van der Waals surface area (Å²) in [5, 5.41) is 12.0. The van der Waals surface area contributed by atoms with E-state index < -0.39 is 35.0 Å². The Morgan fingerprint density at radius 3 is 2.55 bits per heavy atom. The highest BCUT2D eigenvalue weighted by molar-refractivity contribution is 9.10. The Morgan fingerprint density at radius 1 is 1.35 bits per heavy atom. The van der Waals surface area contributed by atoms with Crippen LogP contribution in [0.15, 0.2) is 28.7 Å². The van der Waals surface area contributed by atoms with Crippen LogP contribution in [-0.2, 0) is 6.18 Å². The van der Waals surface area contributed by atoms with Crippen LogP contribution in [0, 0.1) is 5.82 Å². The zero-order chi connectivity index (χ0) is 15.1. The SMILES string of the molecule is O=C(O)c1cc(C(F)(F)F)nn1-c1cccc(Br)c1F. The number of nitrogens with zero attached hydrogens (tertiary/aromatic N) is 2. The second kappa shape index (κ2) is 4.89. The molecule has 0 saturated heterocycles. The molecule has 0 radical (unpaired) electrons. The van der Waals surface area contributed by atoms with E-state index in [9.17, 15) is 22.4 Å². The molecule has 0 spiro atoms. The molecule has 0 aliphatic rings. The number of hydrogen-bond donors (Lipinski definition) is 1. The Bertz CT molecular complexity index is 682. The molecule has 1 aromatic heterocycles. The van der Waals surface area contributed by atoms with E-state index in [0.717, 1.165) is 6.07 Å². The molecule has 20 heavy (non-hydrogen) atoms. The minimum Gasteiger partial charge on any atom is -0.477 e. The number of rotatable bonds is 2. The van der Waals surface area contributed by atoms with Gasteiger partial charge in [-0.05, 0) is 28.1 Å². The lowest BCUT2D eigenvalue weighted by molar-refractivity contribution is -0.141. The summed E-state index contributed by atoms with van der Waals surface area (Å²) < 4.78 is 51.9. The van der Waals surface area contributed by atoms with Crippen LogP contribution in [-0.4, -0.2) is 20.9 Å². The fourth-order valence-electron chi connectivity index (χ4n) is 1.51. The Hall–Kier alpha value is -1.90.